The van der Waals surface area contributed by atoms with Crippen molar-refractivity contribution in [1.82, 2.24) is 10.2 Å². The molecule has 2 atom stereocenters. The van der Waals surface area contributed by atoms with Crippen LogP contribution in [0, 0.1) is 0 Å². The molecule has 15 heavy (non-hydrogen) atoms. The zero-order valence-electron chi connectivity index (χ0n) is 9.91. The average molecular weight is 215 g/mol. The van der Waals surface area contributed by atoms with Crippen molar-refractivity contribution in [2.24, 2.45) is 5.73 Å². The molecule has 3 N–H and O–H groups in total. The second kappa shape index (κ2) is 6.40. The molecule has 0 aromatic heterocycles. The van der Waals surface area contributed by atoms with Gasteiger partial charge >= 0.3 is 0 Å². The first-order chi connectivity index (χ1) is 6.93. The van der Waals surface area contributed by atoms with Crippen LogP contribution in [0.3, 0.4) is 0 Å². The van der Waals surface area contributed by atoms with Crippen LogP contribution in [0.5, 0.6) is 0 Å². The summed E-state index contributed by atoms with van der Waals surface area (Å²) in [5, 5.41) is 2.57. The van der Waals surface area contributed by atoms with Gasteiger partial charge in [-0.05, 0) is 27.7 Å². The number of hydrogen-bond donors (Lipinski definition) is 2. The normalized spacial score (nSPS) is 14.2. The monoisotopic (exact) mass is 215 g/mol. The first-order valence-electron chi connectivity index (χ1n) is 5.28. The van der Waals surface area contributed by atoms with Crippen molar-refractivity contribution in [3.63, 3.8) is 0 Å². The second-order valence-electron chi connectivity index (χ2n) is 3.53. The molecule has 0 aromatic carbocycles. The molecule has 0 radical (unpaired) electrons. The maximum atomic E-state index is 11.7. The van der Waals surface area contributed by atoms with E-state index in [4.69, 9.17) is 5.73 Å². The van der Waals surface area contributed by atoms with Gasteiger partial charge in [-0.1, -0.05) is 0 Å². The maximum absolute atomic E-state index is 11.7. The highest BCUT2D eigenvalue weighted by Gasteiger charge is 2.20. The van der Waals surface area contributed by atoms with Crippen LogP contribution in [0.1, 0.15) is 27.7 Å². The van der Waals surface area contributed by atoms with Gasteiger partial charge in [-0.3, -0.25) is 9.59 Å². The Bertz CT molecular complexity index is 225. The van der Waals surface area contributed by atoms with Gasteiger partial charge < -0.3 is 16.0 Å². The third kappa shape index (κ3) is 4.29. The largest absolute Gasteiger partial charge is 0.343 e. The van der Waals surface area contributed by atoms with E-state index in [1.165, 1.54) is 0 Å². The van der Waals surface area contributed by atoms with Crippen LogP contribution in [0.25, 0.3) is 0 Å². The van der Waals surface area contributed by atoms with E-state index in [9.17, 15) is 9.59 Å². The number of nitrogens with one attached hydrogen (secondary N) is 1. The molecule has 0 aliphatic rings. The van der Waals surface area contributed by atoms with Crippen LogP contribution in [0.15, 0.2) is 0 Å². The fraction of sp³-hybridized carbons (Fsp3) is 0.800. The zero-order chi connectivity index (χ0) is 12.0. The first kappa shape index (κ1) is 13.9. The van der Waals surface area contributed by atoms with Crippen LogP contribution in [0.4, 0.5) is 0 Å². The Hall–Kier alpha value is -1.10. The third-order valence-electron chi connectivity index (χ3n) is 2.22. The van der Waals surface area contributed by atoms with E-state index >= 15 is 0 Å². The minimum atomic E-state index is -0.586. The van der Waals surface area contributed by atoms with Gasteiger partial charge in [-0.25, -0.2) is 0 Å². The molecule has 0 saturated carbocycles. The van der Waals surface area contributed by atoms with Crippen LogP contribution in [0.2, 0.25) is 0 Å². The Morgan fingerprint density at radius 2 is 1.73 bits per heavy atom. The van der Waals surface area contributed by atoms with Crippen molar-refractivity contribution in [1.29, 1.82) is 0 Å². The molecule has 88 valence electrons. The molecule has 0 heterocycles. The lowest BCUT2D eigenvalue weighted by atomic mass is 10.2. The summed E-state index contributed by atoms with van der Waals surface area (Å²) in [5.74, 6) is -0.378. The maximum Gasteiger partial charge on any atom is 0.244 e. The summed E-state index contributed by atoms with van der Waals surface area (Å²) in [5.41, 5.74) is 5.39. The summed E-state index contributed by atoms with van der Waals surface area (Å²) in [6, 6.07) is -1.10. The molecular formula is C10H21N3O2. The third-order valence-corrected chi connectivity index (χ3v) is 2.22. The minimum Gasteiger partial charge on any atom is -0.343 e. The molecular weight excluding hydrogens is 194 g/mol. The van der Waals surface area contributed by atoms with Crippen LogP contribution in [-0.2, 0) is 9.59 Å². The Morgan fingerprint density at radius 1 is 1.27 bits per heavy atom. The average Bonchev–Trinajstić information content (AvgIpc) is 2.19. The van der Waals surface area contributed by atoms with Gasteiger partial charge in [0.05, 0.1) is 6.04 Å². The summed E-state index contributed by atoms with van der Waals surface area (Å²) in [7, 11) is 0. The standard InChI is InChI=1S/C10H21N3O2/c1-5-13(6-2)10(15)8(4)12-9(14)7(3)11/h7-8H,5-6,11H2,1-4H3,(H,12,14)/t7-,8?/m1/s1. The fourth-order valence-electron chi connectivity index (χ4n) is 1.22. The number of nitrogens with zero attached hydrogens (tertiary/aromatic N) is 1. The van der Waals surface area contributed by atoms with Gasteiger partial charge in [0.25, 0.3) is 0 Å². The highest BCUT2D eigenvalue weighted by atomic mass is 16.2. The lowest BCUT2D eigenvalue weighted by Crippen LogP contribution is -2.50. The van der Waals surface area contributed by atoms with Gasteiger partial charge in [0.1, 0.15) is 6.04 Å². The highest BCUT2D eigenvalue weighted by molar-refractivity contribution is 5.89. The van der Waals surface area contributed by atoms with Crippen molar-refractivity contribution >= 4 is 11.8 Å². The molecule has 0 rings (SSSR count). The summed E-state index contributed by atoms with van der Waals surface area (Å²) < 4.78 is 0. The van der Waals surface area contributed by atoms with Crippen LogP contribution < -0.4 is 11.1 Å². The van der Waals surface area contributed by atoms with E-state index in [2.05, 4.69) is 5.32 Å². The van der Waals surface area contributed by atoms with Crippen molar-refractivity contribution in [3.8, 4) is 0 Å². The number of nitrogens with two attached hydrogens (primary N) is 1. The molecule has 0 aromatic rings. The molecule has 0 fully saturated rings. The molecule has 0 saturated heterocycles. The lowest BCUT2D eigenvalue weighted by molar-refractivity contribution is -0.135. The molecule has 1 unspecified atom stereocenters. The van der Waals surface area contributed by atoms with E-state index < -0.39 is 12.1 Å². The number of hydrogen-bond acceptors (Lipinski definition) is 3. The number of carbonyl (C=O) groups is 2. The van der Waals surface area contributed by atoms with E-state index in [0.29, 0.717) is 13.1 Å². The zero-order valence-corrected chi connectivity index (χ0v) is 9.91. The minimum absolute atomic E-state index is 0.0750. The SMILES string of the molecule is CCN(CC)C(=O)C(C)NC(=O)[C@@H](C)N. The van der Waals surface area contributed by atoms with Crippen molar-refractivity contribution < 1.29 is 9.59 Å². The lowest BCUT2D eigenvalue weighted by Gasteiger charge is -2.23. The molecule has 0 aliphatic heterocycles. The number of likely N-dealkylation sites (N-methyl/N-ethyl adjacent to an activating group) is 1. The predicted molar refractivity (Wildman–Crippen MR) is 59.2 cm³/mol. The van der Waals surface area contributed by atoms with Gasteiger partial charge in [0, 0.05) is 13.1 Å². The van der Waals surface area contributed by atoms with E-state index in [1.807, 2.05) is 13.8 Å². The molecule has 0 aliphatic carbocycles. The summed E-state index contributed by atoms with van der Waals surface area (Å²) in [4.78, 5) is 24.7. The van der Waals surface area contributed by atoms with Gasteiger partial charge in [-0.15, -0.1) is 0 Å². The second-order valence-corrected chi connectivity index (χ2v) is 3.53. The number of rotatable bonds is 5. The van der Waals surface area contributed by atoms with Crippen LogP contribution >= 0.6 is 0 Å². The van der Waals surface area contributed by atoms with Crippen molar-refractivity contribution in [3.05, 3.63) is 0 Å². The Labute approximate surface area is 91.0 Å². The summed E-state index contributed by atoms with van der Waals surface area (Å²) in [6.07, 6.45) is 0. The summed E-state index contributed by atoms with van der Waals surface area (Å²) in [6.45, 7) is 8.36. The van der Waals surface area contributed by atoms with E-state index in [-0.39, 0.29) is 11.8 Å². The Balaban J connectivity index is 4.26. The Kier molecular flexibility index (Phi) is 5.93. The van der Waals surface area contributed by atoms with Gasteiger partial charge in [0.15, 0.2) is 0 Å². The van der Waals surface area contributed by atoms with Crippen molar-refractivity contribution in [2.45, 2.75) is 39.8 Å². The van der Waals surface area contributed by atoms with Crippen molar-refractivity contribution in [2.75, 3.05) is 13.1 Å². The quantitative estimate of drug-likeness (QED) is 0.661. The van der Waals surface area contributed by atoms with Crippen LogP contribution in [-0.4, -0.2) is 41.9 Å². The smallest absolute Gasteiger partial charge is 0.244 e. The molecule has 2 amide bonds. The van der Waals surface area contributed by atoms with Gasteiger partial charge in [-0.2, -0.15) is 0 Å². The molecule has 0 bridgehead atoms. The topological polar surface area (TPSA) is 75.4 Å². The summed E-state index contributed by atoms with van der Waals surface area (Å²) >= 11 is 0. The van der Waals surface area contributed by atoms with E-state index in [1.54, 1.807) is 18.7 Å². The highest BCUT2D eigenvalue weighted by Crippen LogP contribution is 1.95. The van der Waals surface area contributed by atoms with Gasteiger partial charge in [0.2, 0.25) is 11.8 Å². The Morgan fingerprint density at radius 3 is 2.07 bits per heavy atom. The number of amides is 2. The first-order valence-corrected chi connectivity index (χ1v) is 5.28. The molecule has 0 spiro atoms. The fourth-order valence-corrected chi connectivity index (χ4v) is 1.22. The predicted octanol–water partition coefficient (Wildman–Crippen LogP) is -0.293. The van der Waals surface area contributed by atoms with E-state index in [0.717, 1.165) is 0 Å². The molecule has 5 heteroatoms. The number of carbonyl (C=O) groups excluding carboxylic acids is 2. The molecule has 5 nitrogen and oxygen atoms in total.